The van der Waals surface area contributed by atoms with E-state index in [4.69, 9.17) is 16.3 Å². The molecule has 0 bridgehead atoms. The Hall–Kier alpha value is -2.18. The fraction of sp³-hybridized carbons (Fsp3) is 0.318. The van der Waals surface area contributed by atoms with Gasteiger partial charge in [0.1, 0.15) is 11.6 Å². The Morgan fingerprint density at radius 3 is 2.69 bits per heavy atom. The third-order valence-electron chi connectivity index (χ3n) is 4.54. The fourth-order valence-corrected chi connectivity index (χ4v) is 3.34. The predicted molar refractivity (Wildman–Crippen MR) is 123 cm³/mol. The molecule has 5 nitrogen and oxygen atoms in total. The maximum Gasteiger partial charge on any atom is 0.282 e. The average molecular weight is 477 g/mol. The molecule has 0 N–H and O–H groups in total. The van der Waals surface area contributed by atoms with Crippen LogP contribution in [0.25, 0.3) is 10.9 Å². The van der Waals surface area contributed by atoms with E-state index >= 15 is 0 Å². The molecule has 1 heterocycles. The van der Waals surface area contributed by atoms with Crippen LogP contribution in [0.15, 0.2) is 50.8 Å². The molecule has 0 fully saturated rings. The van der Waals surface area contributed by atoms with Gasteiger partial charge in [-0.05, 0) is 49.7 Å². The van der Waals surface area contributed by atoms with E-state index in [9.17, 15) is 4.79 Å². The van der Waals surface area contributed by atoms with Crippen molar-refractivity contribution in [2.75, 3.05) is 0 Å². The van der Waals surface area contributed by atoms with E-state index in [2.05, 4.69) is 32.9 Å². The summed E-state index contributed by atoms with van der Waals surface area (Å²) in [6.45, 7) is 8.02. The van der Waals surface area contributed by atoms with E-state index in [1.165, 1.54) is 4.68 Å². The maximum absolute atomic E-state index is 13.1. The Labute approximate surface area is 183 Å². The van der Waals surface area contributed by atoms with Crippen molar-refractivity contribution in [3.63, 3.8) is 0 Å². The number of benzene rings is 2. The van der Waals surface area contributed by atoms with Crippen LogP contribution >= 0.6 is 27.5 Å². The SMILES string of the molecule is CC[C@H](C)Oc1ccc(Cl)cc1C=Nn1c(C(C)C)nc2ccc(Br)cc2c1=O. The van der Waals surface area contributed by atoms with Crippen molar-refractivity contribution in [2.24, 2.45) is 5.10 Å². The summed E-state index contributed by atoms with van der Waals surface area (Å²) < 4.78 is 8.14. The van der Waals surface area contributed by atoms with Crippen LogP contribution in [0, 0.1) is 0 Å². The second kappa shape index (κ2) is 9.09. The fourth-order valence-electron chi connectivity index (χ4n) is 2.80. The van der Waals surface area contributed by atoms with Crippen molar-refractivity contribution in [3.05, 3.63) is 67.6 Å². The lowest BCUT2D eigenvalue weighted by atomic mass is 10.2. The smallest absolute Gasteiger partial charge is 0.282 e. The number of hydrogen-bond donors (Lipinski definition) is 0. The second-order valence-corrected chi connectivity index (χ2v) is 8.52. The summed E-state index contributed by atoms with van der Waals surface area (Å²) in [7, 11) is 0. The lowest BCUT2D eigenvalue weighted by Gasteiger charge is -2.15. The molecule has 1 atom stereocenters. The molecule has 29 heavy (non-hydrogen) atoms. The van der Waals surface area contributed by atoms with Crippen LogP contribution in [0.2, 0.25) is 5.02 Å². The standard InChI is InChI=1S/C22H23BrClN3O2/c1-5-14(4)29-20-9-7-17(24)10-15(20)12-25-27-21(13(2)3)26-19-8-6-16(23)11-18(19)22(27)28/h6-14H,5H2,1-4H3/t14-/m0/s1. The molecule has 0 amide bonds. The molecule has 3 aromatic rings. The first-order valence-electron chi connectivity index (χ1n) is 9.53. The van der Waals surface area contributed by atoms with Crippen molar-refractivity contribution in [3.8, 4) is 5.75 Å². The third kappa shape index (κ3) is 4.87. The number of rotatable bonds is 6. The Bertz CT molecular complexity index is 1120. The van der Waals surface area contributed by atoms with Crippen LogP contribution < -0.4 is 10.3 Å². The molecule has 3 rings (SSSR count). The number of ether oxygens (including phenoxy) is 1. The van der Waals surface area contributed by atoms with Gasteiger partial charge < -0.3 is 4.74 Å². The van der Waals surface area contributed by atoms with E-state index in [1.807, 2.05) is 39.0 Å². The highest BCUT2D eigenvalue weighted by Crippen LogP contribution is 2.24. The van der Waals surface area contributed by atoms with Gasteiger partial charge in [-0.25, -0.2) is 4.98 Å². The molecular formula is C22H23BrClN3O2. The molecule has 0 aliphatic rings. The van der Waals surface area contributed by atoms with E-state index in [1.54, 1.807) is 24.4 Å². The van der Waals surface area contributed by atoms with E-state index in [-0.39, 0.29) is 17.6 Å². The van der Waals surface area contributed by atoms with Crippen LogP contribution in [0.5, 0.6) is 5.75 Å². The van der Waals surface area contributed by atoms with Gasteiger partial charge in [-0.3, -0.25) is 4.79 Å². The zero-order valence-corrected chi connectivity index (χ0v) is 19.2. The van der Waals surface area contributed by atoms with Gasteiger partial charge in [0.25, 0.3) is 5.56 Å². The molecule has 1 aromatic heterocycles. The Kier molecular flexibility index (Phi) is 6.75. The molecule has 0 aliphatic heterocycles. The van der Waals surface area contributed by atoms with Crippen LogP contribution in [-0.2, 0) is 0 Å². The number of nitrogens with zero attached hydrogens (tertiary/aromatic N) is 3. The lowest BCUT2D eigenvalue weighted by molar-refractivity contribution is 0.217. The average Bonchev–Trinajstić information content (AvgIpc) is 2.69. The number of hydrogen-bond acceptors (Lipinski definition) is 4. The molecule has 0 saturated carbocycles. The van der Waals surface area contributed by atoms with Crippen LogP contribution in [0.3, 0.4) is 0 Å². The zero-order chi connectivity index (χ0) is 21.1. The summed E-state index contributed by atoms with van der Waals surface area (Å²) in [5.41, 5.74) is 1.13. The highest BCUT2D eigenvalue weighted by molar-refractivity contribution is 9.10. The summed E-state index contributed by atoms with van der Waals surface area (Å²) in [5.74, 6) is 1.28. The van der Waals surface area contributed by atoms with Crippen molar-refractivity contribution >= 4 is 44.6 Å². The zero-order valence-electron chi connectivity index (χ0n) is 16.8. The topological polar surface area (TPSA) is 56.5 Å². The first-order chi connectivity index (χ1) is 13.8. The van der Waals surface area contributed by atoms with Crippen LogP contribution in [-0.4, -0.2) is 22.0 Å². The van der Waals surface area contributed by atoms with Gasteiger partial charge in [-0.2, -0.15) is 9.78 Å². The van der Waals surface area contributed by atoms with Crippen molar-refractivity contribution in [1.29, 1.82) is 0 Å². The molecule has 0 saturated heterocycles. The largest absolute Gasteiger partial charge is 0.490 e. The quantitative estimate of drug-likeness (QED) is 0.410. The number of aromatic nitrogens is 2. The van der Waals surface area contributed by atoms with Gasteiger partial charge in [0.05, 0.1) is 23.2 Å². The Morgan fingerprint density at radius 1 is 1.24 bits per heavy atom. The van der Waals surface area contributed by atoms with E-state index < -0.39 is 0 Å². The minimum Gasteiger partial charge on any atom is -0.490 e. The van der Waals surface area contributed by atoms with Gasteiger partial charge in [-0.15, -0.1) is 0 Å². The first-order valence-corrected chi connectivity index (χ1v) is 10.7. The summed E-state index contributed by atoms with van der Waals surface area (Å²) in [6, 6.07) is 10.8. The molecular weight excluding hydrogens is 454 g/mol. The molecule has 0 aliphatic carbocycles. The molecule has 2 aromatic carbocycles. The monoisotopic (exact) mass is 475 g/mol. The Balaban J connectivity index is 2.14. The van der Waals surface area contributed by atoms with Crippen LogP contribution in [0.4, 0.5) is 0 Å². The van der Waals surface area contributed by atoms with E-state index in [0.717, 1.165) is 10.9 Å². The third-order valence-corrected chi connectivity index (χ3v) is 5.27. The van der Waals surface area contributed by atoms with Gasteiger partial charge in [0.15, 0.2) is 0 Å². The highest BCUT2D eigenvalue weighted by Gasteiger charge is 2.14. The first kappa shape index (κ1) is 21.5. The van der Waals surface area contributed by atoms with Gasteiger partial charge in [-0.1, -0.05) is 48.3 Å². The minimum atomic E-state index is -0.220. The minimum absolute atomic E-state index is 0.0168. The Morgan fingerprint density at radius 2 is 2.00 bits per heavy atom. The second-order valence-electron chi connectivity index (χ2n) is 7.17. The lowest BCUT2D eigenvalue weighted by Crippen LogP contribution is -2.23. The number of fused-ring (bicyclic) bond motifs is 1. The molecule has 0 unspecified atom stereocenters. The predicted octanol–water partition coefficient (Wildman–Crippen LogP) is 6.00. The van der Waals surface area contributed by atoms with E-state index in [0.29, 0.717) is 33.1 Å². The summed E-state index contributed by atoms with van der Waals surface area (Å²) >= 11 is 9.59. The van der Waals surface area contributed by atoms with Gasteiger partial charge in [0.2, 0.25) is 0 Å². The van der Waals surface area contributed by atoms with Gasteiger partial charge in [0, 0.05) is 21.0 Å². The molecule has 0 radical (unpaired) electrons. The van der Waals surface area contributed by atoms with Crippen molar-refractivity contribution in [1.82, 2.24) is 9.66 Å². The summed E-state index contributed by atoms with van der Waals surface area (Å²) in [5, 5.41) is 5.55. The normalized spacial score (nSPS) is 12.8. The highest BCUT2D eigenvalue weighted by atomic mass is 79.9. The van der Waals surface area contributed by atoms with Gasteiger partial charge >= 0.3 is 0 Å². The van der Waals surface area contributed by atoms with Crippen molar-refractivity contribution < 1.29 is 4.74 Å². The molecule has 7 heteroatoms. The van der Waals surface area contributed by atoms with Crippen LogP contribution in [0.1, 0.15) is 51.4 Å². The number of halogens is 2. The summed E-state index contributed by atoms with van der Waals surface area (Å²) in [4.78, 5) is 17.8. The molecule has 152 valence electrons. The molecule has 0 spiro atoms. The maximum atomic E-state index is 13.1. The van der Waals surface area contributed by atoms with Crippen molar-refractivity contribution in [2.45, 2.75) is 46.1 Å². The summed E-state index contributed by atoms with van der Waals surface area (Å²) in [6.07, 6.45) is 2.53.